The summed E-state index contributed by atoms with van der Waals surface area (Å²) in [7, 11) is 0. The number of hydrogen-bond donors (Lipinski definition) is 1. The Labute approximate surface area is 166 Å². The summed E-state index contributed by atoms with van der Waals surface area (Å²) < 4.78 is 1.15. The van der Waals surface area contributed by atoms with Gasteiger partial charge >= 0.3 is 0 Å². The lowest BCUT2D eigenvalue weighted by molar-refractivity contribution is -0.114. The van der Waals surface area contributed by atoms with Crippen molar-refractivity contribution in [1.82, 2.24) is 0 Å². The van der Waals surface area contributed by atoms with Crippen molar-refractivity contribution in [3.8, 4) is 0 Å². The van der Waals surface area contributed by atoms with Gasteiger partial charge in [0.05, 0.1) is 0 Å². The van der Waals surface area contributed by atoms with Gasteiger partial charge in [-0.05, 0) is 70.3 Å². The molecule has 142 valence electrons. The number of ketones is 1. The number of Topliss-reactive ketones (excluding diaryl/α,β-unsaturated/α-hetero) is 1. The van der Waals surface area contributed by atoms with E-state index in [1.54, 1.807) is 0 Å². The maximum Gasteiger partial charge on any atom is 0.126 e. The third-order valence-corrected chi connectivity index (χ3v) is 4.69. The van der Waals surface area contributed by atoms with Crippen LogP contribution in [0.15, 0.2) is 53.0 Å². The Bertz CT molecular complexity index is 681. The van der Waals surface area contributed by atoms with Crippen LogP contribution >= 0.6 is 15.9 Å². The van der Waals surface area contributed by atoms with E-state index in [1.165, 1.54) is 43.6 Å². The van der Waals surface area contributed by atoms with E-state index in [0.717, 1.165) is 10.9 Å². The molecular weight excluding hydrogens is 388 g/mol. The minimum Gasteiger partial charge on any atom is -0.369 e. The number of hydrogen-bond acceptors (Lipinski definition) is 3. The van der Waals surface area contributed by atoms with Crippen LogP contribution in [-0.2, 0) is 17.6 Å². The van der Waals surface area contributed by atoms with E-state index in [-0.39, 0.29) is 5.78 Å². The molecule has 0 unspecified atom stereocenters. The van der Waals surface area contributed by atoms with Crippen LogP contribution in [-0.4, -0.2) is 24.9 Å². The highest BCUT2D eigenvalue weighted by molar-refractivity contribution is 9.10. The zero-order chi connectivity index (χ0) is 19.5. The van der Waals surface area contributed by atoms with Crippen molar-refractivity contribution in [3.05, 3.63) is 64.1 Å². The summed E-state index contributed by atoms with van der Waals surface area (Å²) in [5.41, 5.74) is 9.63. The Morgan fingerprint density at radius 1 is 1.12 bits per heavy atom. The molecule has 0 saturated heterocycles. The molecular formula is C22H31BrN2O. The highest BCUT2D eigenvalue weighted by Crippen LogP contribution is 2.28. The second kappa shape index (κ2) is 11.9. The maximum absolute atomic E-state index is 9.44. The van der Waals surface area contributed by atoms with Crippen LogP contribution in [0.5, 0.6) is 0 Å². The molecule has 0 amide bonds. The second-order valence-corrected chi connectivity index (χ2v) is 7.56. The summed E-state index contributed by atoms with van der Waals surface area (Å²) in [6.07, 6.45) is 2.16. The van der Waals surface area contributed by atoms with E-state index in [0.29, 0.717) is 12.6 Å². The number of para-hydroxylation sites is 1. The van der Waals surface area contributed by atoms with Gasteiger partial charge in [0, 0.05) is 22.7 Å². The molecule has 0 bridgehead atoms. The Morgan fingerprint density at radius 2 is 1.69 bits per heavy atom. The molecule has 4 heteroatoms. The topological polar surface area (TPSA) is 46.3 Å². The number of carbonyl (C=O) groups is 1. The summed E-state index contributed by atoms with van der Waals surface area (Å²) in [6.45, 7) is 9.46. The van der Waals surface area contributed by atoms with Crippen molar-refractivity contribution in [1.29, 1.82) is 0 Å². The normalized spacial score (nSPS) is 11.9. The fraction of sp³-hybridized carbons (Fsp3) is 0.409. The Morgan fingerprint density at radius 3 is 2.27 bits per heavy atom. The summed E-state index contributed by atoms with van der Waals surface area (Å²) in [5, 5.41) is 0. The highest BCUT2D eigenvalue weighted by Gasteiger charge is 2.19. The first-order valence-electron chi connectivity index (χ1n) is 9.12. The summed E-state index contributed by atoms with van der Waals surface area (Å²) in [6, 6.07) is 17.5. The first-order valence-corrected chi connectivity index (χ1v) is 9.91. The van der Waals surface area contributed by atoms with Crippen molar-refractivity contribution < 1.29 is 4.79 Å². The van der Waals surface area contributed by atoms with Crippen molar-refractivity contribution in [3.63, 3.8) is 0 Å². The van der Waals surface area contributed by atoms with Gasteiger partial charge in [-0.1, -0.05) is 52.3 Å². The maximum atomic E-state index is 9.44. The van der Waals surface area contributed by atoms with Crippen molar-refractivity contribution in [2.75, 3.05) is 18.0 Å². The van der Waals surface area contributed by atoms with Gasteiger partial charge in [0.15, 0.2) is 0 Å². The number of anilines is 1. The number of rotatable bonds is 3. The lowest BCUT2D eigenvalue weighted by atomic mass is 10.2. The first-order chi connectivity index (χ1) is 12.4. The van der Waals surface area contributed by atoms with Crippen molar-refractivity contribution >= 4 is 27.4 Å². The molecule has 0 spiro atoms. The SMILES string of the molecule is CC(C)=O.CC(C)N1CCc2ccccc21.NCCc1ccccc1Br. The molecule has 0 atom stereocenters. The van der Waals surface area contributed by atoms with E-state index in [1.807, 2.05) is 18.2 Å². The predicted octanol–water partition coefficient (Wildman–Crippen LogP) is 5.00. The van der Waals surface area contributed by atoms with Crippen molar-refractivity contribution in [2.24, 2.45) is 5.73 Å². The van der Waals surface area contributed by atoms with Gasteiger partial charge in [0.25, 0.3) is 0 Å². The Balaban J connectivity index is 0.000000220. The number of halogens is 1. The summed E-state index contributed by atoms with van der Waals surface area (Å²) in [5.74, 6) is 0.167. The highest BCUT2D eigenvalue weighted by atomic mass is 79.9. The minimum atomic E-state index is 0.167. The van der Waals surface area contributed by atoms with Gasteiger partial charge in [-0.3, -0.25) is 0 Å². The molecule has 1 heterocycles. The van der Waals surface area contributed by atoms with E-state index in [4.69, 9.17) is 5.73 Å². The van der Waals surface area contributed by atoms with Gasteiger partial charge in [0.2, 0.25) is 0 Å². The minimum absolute atomic E-state index is 0.167. The Kier molecular flexibility index (Phi) is 10.2. The standard InChI is InChI=1S/C11H15N.C8H10BrN.C3H6O/c1-9(2)12-8-7-10-5-3-4-6-11(10)12;9-8-4-2-1-3-7(8)5-6-10;1-3(2)4/h3-6,9H,7-8H2,1-2H3;1-4H,5-6,10H2;1-2H3. The van der Waals surface area contributed by atoms with Gasteiger partial charge < -0.3 is 15.4 Å². The lowest BCUT2D eigenvalue weighted by Crippen LogP contribution is -2.28. The van der Waals surface area contributed by atoms with Gasteiger partial charge in [0.1, 0.15) is 5.78 Å². The van der Waals surface area contributed by atoms with Crippen LogP contribution < -0.4 is 10.6 Å². The summed E-state index contributed by atoms with van der Waals surface area (Å²) in [4.78, 5) is 11.9. The van der Waals surface area contributed by atoms with Crippen LogP contribution in [0.2, 0.25) is 0 Å². The van der Waals surface area contributed by atoms with E-state index >= 15 is 0 Å². The van der Waals surface area contributed by atoms with Gasteiger partial charge in [-0.15, -0.1) is 0 Å². The fourth-order valence-corrected chi connectivity index (χ4v) is 3.24. The average Bonchev–Trinajstić information content (AvgIpc) is 3.02. The molecule has 1 aliphatic heterocycles. The molecule has 3 rings (SSSR count). The Hall–Kier alpha value is -1.65. The quantitative estimate of drug-likeness (QED) is 0.762. The zero-order valence-corrected chi connectivity index (χ0v) is 17.9. The van der Waals surface area contributed by atoms with Crippen LogP contribution in [0, 0.1) is 0 Å². The largest absolute Gasteiger partial charge is 0.369 e. The fourth-order valence-electron chi connectivity index (χ4n) is 2.76. The van der Waals surface area contributed by atoms with Crippen molar-refractivity contribution in [2.45, 2.75) is 46.6 Å². The second-order valence-electron chi connectivity index (χ2n) is 6.70. The summed E-state index contributed by atoms with van der Waals surface area (Å²) >= 11 is 3.44. The first kappa shape index (κ1) is 22.4. The van der Waals surface area contributed by atoms with E-state index in [2.05, 4.69) is 65.0 Å². The average molecular weight is 419 g/mol. The monoisotopic (exact) mass is 418 g/mol. The van der Waals surface area contributed by atoms with Crippen LogP contribution in [0.1, 0.15) is 38.8 Å². The predicted molar refractivity (Wildman–Crippen MR) is 116 cm³/mol. The van der Waals surface area contributed by atoms with Crippen LogP contribution in [0.4, 0.5) is 5.69 Å². The molecule has 2 N–H and O–H groups in total. The zero-order valence-electron chi connectivity index (χ0n) is 16.3. The number of nitrogens with two attached hydrogens (primary N) is 1. The molecule has 0 saturated carbocycles. The van der Waals surface area contributed by atoms with Gasteiger partial charge in [-0.25, -0.2) is 0 Å². The van der Waals surface area contributed by atoms with Crippen LogP contribution in [0.25, 0.3) is 0 Å². The molecule has 0 radical (unpaired) electrons. The number of benzene rings is 2. The van der Waals surface area contributed by atoms with Crippen LogP contribution in [0.3, 0.4) is 0 Å². The molecule has 2 aromatic rings. The van der Waals surface area contributed by atoms with Gasteiger partial charge in [-0.2, -0.15) is 0 Å². The molecule has 26 heavy (non-hydrogen) atoms. The smallest absolute Gasteiger partial charge is 0.126 e. The molecule has 3 nitrogen and oxygen atoms in total. The third-order valence-electron chi connectivity index (χ3n) is 3.92. The molecule has 0 fully saturated rings. The number of fused-ring (bicyclic) bond motifs is 1. The van der Waals surface area contributed by atoms with E-state index < -0.39 is 0 Å². The molecule has 2 aromatic carbocycles. The molecule has 0 aromatic heterocycles. The molecule has 0 aliphatic carbocycles. The lowest BCUT2D eigenvalue weighted by Gasteiger charge is -2.23. The van der Waals surface area contributed by atoms with E-state index in [9.17, 15) is 4.79 Å². The number of nitrogens with zero attached hydrogens (tertiary/aromatic N) is 1. The number of carbonyl (C=O) groups excluding carboxylic acids is 1. The molecule has 1 aliphatic rings. The third kappa shape index (κ3) is 7.71.